The van der Waals surface area contributed by atoms with E-state index in [4.69, 9.17) is 9.84 Å². The average molecular weight is 241 g/mol. The minimum absolute atomic E-state index is 0.0985. The van der Waals surface area contributed by atoms with E-state index in [9.17, 15) is 4.79 Å². The van der Waals surface area contributed by atoms with Crippen LogP contribution in [0.15, 0.2) is 0 Å². The summed E-state index contributed by atoms with van der Waals surface area (Å²) in [4.78, 5) is 14.2. The van der Waals surface area contributed by atoms with Crippen LogP contribution in [0.2, 0.25) is 0 Å². The summed E-state index contributed by atoms with van der Waals surface area (Å²) >= 11 is 0. The summed E-state index contributed by atoms with van der Waals surface area (Å²) in [6, 6.07) is 0.183. The Labute approximate surface area is 103 Å². The van der Waals surface area contributed by atoms with Crippen molar-refractivity contribution >= 4 is 5.78 Å². The normalized spacial score (nSPS) is 28.5. The Bertz CT molecular complexity index is 249. The quantitative estimate of drug-likeness (QED) is 0.797. The molecule has 1 aliphatic carbocycles. The van der Waals surface area contributed by atoms with E-state index in [-0.39, 0.29) is 18.8 Å². The summed E-state index contributed by atoms with van der Waals surface area (Å²) in [7, 11) is 0. The number of ether oxygens (including phenoxy) is 1. The van der Waals surface area contributed by atoms with Crippen LogP contribution in [0.25, 0.3) is 0 Å². The molecule has 0 radical (unpaired) electrons. The number of rotatable bonds is 4. The molecule has 1 unspecified atom stereocenters. The number of Topliss-reactive ketones (excluding diaryl/α,β-unsaturated/α-hetero) is 1. The number of hydrogen-bond acceptors (Lipinski definition) is 4. The molecule has 0 amide bonds. The monoisotopic (exact) mass is 241 g/mol. The van der Waals surface area contributed by atoms with Crippen molar-refractivity contribution in [3.63, 3.8) is 0 Å². The highest BCUT2D eigenvalue weighted by atomic mass is 16.5. The Morgan fingerprint density at radius 3 is 2.65 bits per heavy atom. The van der Waals surface area contributed by atoms with Gasteiger partial charge in [0, 0.05) is 19.5 Å². The molecule has 1 saturated carbocycles. The highest BCUT2D eigenvalue weighted by Crippen LogP contribution is 2.23. The van der Waals surface area contributed by atoms with Crippen LogP contribution >= 0.6 is 0 Å². The van der Waals surface area contributed by atoms with E-state index < -0.39 is 0 Å². The Morgan fingerprint density at radius 1 is 1.24 bits per heavy atom. The lowest BCUT2D eigenvalue weighted by Gasteiger charge is -2.38. The first kappa shape index (κ1) is 13.0. The lowest BCUT2D eigenvalue weighted by molar-refractivity contribution is -0.127. The summed E-state index contributed by atoms with van der Waals surface area (Å²) in [6.07, 6.45) is 6.33. The van der Waals surface area contributed by atoms with Crippen molar-refractivity contribution in [1.82, 2.24) is 4.90 Å². The third kappa shape index (κ3) is 3.50. The Kier molecular flexibility index (Phi) is 4.95. The van der Waals surface area contributed by atoms with Crippen molar-refractivity contribution in [2.24, 2.45) is 0 Å². The van der Waals surface area contributed by atoms with Crippen molar-refractivity contribution in [2.75, 3.05) is 26.3 Å². The first-order valence-corrected chi connectivity index (χ1v) is 6.80. The summed E-state index contributed by atoms with van der Waals surface area (Å²) in [5.74, 6) is 0.436. The standard InChI is InChI=1S/C13H23NO3/c15-9-10-17-11-5-7-14(8-6-11)12-3-1-2-4-13(12)16/h11-12,15H,1-10H2. The molecule has 17 heavy (non-hydrogen) atoms. The molecule has 1 saturated heterocycles. The molecular weight excluding hydrogens is 218 g/mol. The van der Waals surface area contributed by atoms with Gasteiger partial charge in [-0.2, -0.15) is 0 Å². The smallest absolute Gasteiger partial charge is 0.149 e. The van der Waals surface area contributed by atoms with Crippen molar-refractivity contribution in [3.8, 4) is 0 Å². The van der Waals surface area contributed by atoms with Crippen LogP contribution in [-0.4, -0.2) is 54.2 Å². The molecule has 0 spiro atoms. The Balaban J connectivity index is 1.76. The van der Waals surface area contributed by atoms with Gasteiger partial charge < -0.3 is 9.84 Å². The van der Waals surface area contributed by atoms with E-state index in [0.29, 0.717) is 12.4 Å². The summed E-state index contributed by atoms with van der Waals surface area (Å²) in [5, 5.41) is 8.71. The summed E-state index contributed by atoms with van der Waals surface area (Å²) in [6.45, 7) is 2.47. The van der Waals surface area contributed by atoms with Crippen LogP contribution in [0.1, 0.15) is 38.5 Å². The first-order valence-electron chi connectivity index (χ1n) is 6.80. The van der Waals surface area contributed by atoms with Gasteiger partial charge in [0.15, 0.2) is 0 Å². The molecule has 2 fully saturated rings. The van der Waals surface area contributed by atoms with E-state index in [2.05, 4.69) is 4.90 Å². The Hall–Kier alpha value is -0.450. The molecule has 0 aromatic carbocycles. The zero-order chi connectivity index (χ0) is 12.1. The summed E-state index contributed by atoms with van der Waals surface area (Å²) < 4.78 is 5.53. The third-order valence-electron chi connectivity index (χ3n) is 3.88. The first-order chi connectivity index (χ1) is 8.31. The van der Waals surface area contributed by atoms with Gasteiger partial charge in [0.05, 0.1) is 25.4 Å². The maximum Gasteiger partial charge on any atom is 0.149 e. The molecule has 1 N–H and O–H groups in total. The van der Waals surface area contributed by atoms with Gasteiger partial charge in [0.2, 0.25) is 0 Å². The number of likely N-dealkylation sites (tertiary alicyclic amines) is 1. The van der Waals surface area contributed by atoms with Gasteiger partial charge in [0.25, 0.3) is 0 Å². The highest BCUT2D eigenvalue weighted by molar-refractivity contribution is 5.84. The number of carbonyl (C=O) groups excluding carboxylic acids is 1. The van der Waals surface area contributed by atoms with E-state index in [0.717, 1.165) is 45.2 Å². The van der Waals surface area contributed by atoms with E-state index in [1.165, 1.54) is 6.42 Å². The molecule has 1 aliphatic heterocycles. The van der Waals surface area contributed by atoms with Crippen molar-refractivity contribution in [3.05, 3.63) is 0 Å². The van der Waals surface area contributed by atoms with Gasteiger partial charge >= 0.3 is 0 Å². The van der Waals surface area contributed by atoms with E-state index in [1.807, 2.05) is 0 Å². The average Bonchev–Trinajstić information content (AvgIpc) is 2.38. The maximum absolute atomic E-state index is 11.8. The second-order valence-corrected chi connectivity index (χ2v) is 5.06. The molecule has 2 rings (SSSR count). The number of aliphatic hydroxyl groups is 1. The van der Waals surface area contributed by atoms with Crippen molar-refractivity contribution in [1.29, 1.82) is 0 Å². The second kappa shape index (κ2) is 6.47. The van der Waals surface area contributed by atoms with Crippen LogP contribution in [0.3, 0.4) is 0 Å². The molecule has 0 aromatic rings. The van der Waals surface area contributed by atoms with Gasteiger partial charge in [-0.3, -0.25) is 9.69 Å². The highest BCUT2D eigenvalue weighted by Gasteiger charge is 2.31. The number of ketones is 1. The zero-order valence-electron chi connectivity index (χ0n) is 10.4. The largest absolute Gasteiger partial charge is 0.394 e. The van der Waals surface area contributed by atoms with Crippen LogP contribution in [0.4, 0.5) is 0 Å². The van der Waals surface area contributed by atoms with Gasteiger partial charge in [-0.25, -0.2) is 0 Å². The number of aliphatic hydroxyl groups excluding tert-OH is 1. The molecule has 1 heterocycles. The van der Waals surface area contributed by atoms with Crippen LogP contribution in [0.5, 0.6) is 0 Å². The minimum Gasteiger partial charge on any atom is -0.394 e. The molecule has 98 valence electrons. The molecule has 1 atom stereocenters. The molecule has 0 bridgehead atoms. The molecule has 0 aromatic heterocycles. The fraction of sp³-hybridized carbons (Fsp3) is 0.923. The second-order valence-electron chi connectivity index (χ2n) is 5.06. The van der Waals surface area contributed by atoms with Gasteiger partial charge in [0.1, 0.15) is 5.78 Å². The Morgan fingerprint density at radius 2 is 2.00 bits per heavy atom. The molecule has 4 heteroatoms. The number of hydrogen-bond donors (Lipinski definition) is 1. The number of piperidine rings is 1. The SMILES string of the molecule is O=C1CCCCC1N1CCC(OCCO)CC1. The van der Waals surface area contributed by atoms with E-state index in [1.54, 1.807) is 0 Å². The van der Waals surface area contributed by atoms with Gasteiger partial charge in [-0.1, -0.05) is 6.42 Å². The summed E-state index contributed by atoms with van der Waals surface area (Å²) in [5.41, 5.74) is 0. The van der Waals surface area contributed by atoms with Crippen molar-refractivity contribution < 1.29 is 14.6 Å². The van der Waals surface area contributed by atoms with E-state index >= 15 is 0 Å². The number of nitrogens with zero attached hydrogens (tertiary/aromatic N) is 1. The van der Waals surface area contributed by atoms with Crippen LogP contribution < -0.4 is 0 Å². The molecule has 2 aliphatic rings. The predicted octanol–water partition coefficient (Wildman–Crippen LogP) is 0.971. The lowest BCUT2D eigenvalue weighted by Crippen LogP contribution is -2.48. The van der Waals surface area contributed by atoms with Crippen LogP contribution in [0, 0.1) is 0 Å². The minimum atomic E-state index is 0.0985. The van der Waals surface area contributed by atoms with Crippen molar-refractivity contribution in [2.45, 2.75) is 50.7 Å². The fourth-order valence-corrected chi connectivity index (χ4v) is 2.92. The number of carbonyl (C=O) groups is 1. The topological polar surface area (TPSA) is 49.8 Å². The third-order valence-corrected chi connectivity index (χ3v) is 3.88. The lowest BCUT2D eigenvalue weighted by atomic mass is 9.91. The maximum atomic E-state index is 11.8. The van der Waals surface area contributed by atoms with Gasteiger partial charge in [-0.05, 0) is 25.7 Å². The zero-order valence-corrected chi connectivity index (χ0v) is 10.4. The predicted molar refractivity (Wildman–Crippen MR) is 64.9 cm³/mol. The fourth-order valence-electron chi connectivity index (χ4n) is 2.92. The molecule has 4 nitrogen and oxygen atoms in total. The van der Waals surface area contributed by atoms with Gasteiger partial charge in [-0.15, -0.1) is 0 Å². The molecular formula is C13H23NO3. The van der Waals surface area contributed by atoms with Crippen LogP contribution in [-0.2, 0) is 9.53 Å².